The van der Waals surface area contributed by atoms with Crippen molar-refractivity contribution in [3.8, 4) is 0 Å². The van der Waals surface area contributed by atoms with Gasteiger partial charge in [-0.3, -0.25) is 4.31 Å². The highest BCUT2D eigenvalue weighted by atomic mass is 32.2. The first kappa shape index (κ1) is 14.1. The van der Waals surface area contributed by atoms with Crippen molar-refractivity contribution in [1.29, 1.82) is 0 Å². The molecular formula is C14H14N2O3S2. The second-order valence-corrected chi connectivity index (χ2v) is 8.13. The fourth-order valence-electron chi connectivity index (χ4n) is 2.41. The van der Waals surface area contributed by atoms with Crippen LogP contribution in [0.1, 0.15) is 16.9 Å². The van der Waals surface area contributed by atoms with E-state index in [4.69, 9.17) is 5.21 Å². The molecule has 0 bridgehead atoms. The number of oxime groups is 1. The predicted octanol–water partition coefficient (Wildman–Crippen LogP) is 2.83. The summed E-state index contributed by atoms with van der Waals surface area (Å²) in [5.74, 6) is 0. The molecule has 5 nitrogen and oxygen atoms in total. The summed E-state index contributed by atoms with van der Waals surface area (Å²) in [5.41, 5.74) is 1.73. The number of aryl methyl sites for hydroxylation is 1. The number of thiophene rings is 1. The van der Waals surface area contributed by atoms with Crippen LogP contribution in [0.15, 0.2) is 45.8 Å². The van der Waals surface area contributed by atoms with Gasteiger partial charge >= 0.3 is 0 Å². The summed E-state index contributed by atoms with van der Waals surface area (Å²) < 4.78 is 27.3. The molecule has 0 atom stereocenters. The first-order valence-electron chi connectivity index (χ1n) is 6.43. The molecule has 1 aromatic carbocycles. The number of para-hydroxylation sites is 1. The highest BCUT2D eigenvalue weighted by Gasteiger charge is 2.32. The van der Waals surface area contributed by atoms with E-state index in [0.29, 0.717) is 27.6 Å². The summed E-state index contributed by atoms with van der Waals surface area (Å²) in [5, 5.41) is 12.3. The Kier molecular flexibility index (Phi) is 3.46. The molecule has 2 aromatic rings. The van der Waals surface area contributed by atoms with E-state index < -0.39 is 10.0 Å². The minimum absolute atomic E-state index is 0.273. The molecule has 0 unspecified atom stereocenters. The van der Waals surface area contributed by atoms with Crippen LogP contribution < -0.4 is 4.31 Å². The number of nitrogens with zero attached hydrogens (tertiary/aromatic N) is 2. The SMILES string of the molecule is Cc1ccc(S(=O)(=O)N2CCC(=NO)c3ccccc32)s1. The van der Waals surface area contributed by atoms with Gasteiger partial charge in [0.05, 0.1) is 11.4 Å². The van der Waals surface area contributed by atoms with Gasteiger partial charge in [-0.15, -0.1) is 11.3 Å². The summed E-state index contributed by atoms with van der Waals surface area (Å²) in [6.45, 7) is 2.15. The zero-order valence-corrected chi connectivity index (χ0v) is 13.0. The van der Waals surface area contributed by atoms with Crippen LogP contribution in [-0.2, 0) is 10.0 Å². The van der Waals surface area contributed by atoms with E-state index in [1.165, 1.54) is 15.6 Å². The Labute approximate surface area is 127 Å². The van der Waals surface area contributed by atoms with Crippen LogP contribution in [0.4, 0.5) is 5.69 Å². The van der Waals surface area contributed by atoms with Crippen LogP contribution in [0.25, 0.3) is 0 Å². The third-order valence-corrected chi connectivity index (χ3v) is 6.70. The van der Waals surface area contributed by atoms with Gasteiger partial charge in [-0.05, 0) is 25.1 Å². The van der Waals surface area contributed by atoms with Gasteiger partial charge in [0, 0.05) is 23.4 Å². The number of hydrogen-bond donors (Lipinski definition) is 1. The van der Waals surface area contributed by atoms with Crippen LogP contribution in [-0.4, -0.2) is 25.9 Å². The van der Waals surface area contributed by atoms with Crippen LogP contribution in [0.2, 0.25) is 0 Å². The van der Waals surface area contributed by atoms with E-state index in [-0.39, 0.29) is 6.54 Å². The number of sulfonamides is 1. The second-order valence-electron chi connectivity index (χ2n) is 4.76. The lowest BCUT2D eigenvalue weighted by Crippen LogP contribution is -2.37. The molecule has 21 heavy (non-hydrogen) atoms. The quantitative estimate of drug-likeness (QED) is 0.683. The molecule has 0 saturated heterocycles. The monoisotopic (exact) mass is 322 g/mol. The van der Waals surface area contributed by atoms with Gasteiger partial charge in [0.1, 0.15) is 4.21 Å². The average Bonchev–Trinajstić information content (AvgIpc) is 2.93. The number of hydrogen-bond acceptors (Lipinski definition) is 5. The second kappa shape index (κ2) is 5.16. The number of anilines is 1. The average molecular weight is 322 g/mol. The molecule has 3 rings (SSSR count). The molecule has 0 spiro atoms. The first-order chi connectivity index (χ1) is 10.0. The fraction of sp³-hybridized carbons (Fsp3) is 0.214. The van der Waals surface area contributed by atoms with Gasteiger partial charge in [-0.2, -0.15) is 0 Å². The van der Waals surface area contributed by atoms with Crippen molar-refractivity contribution in [2.45, 2.75) is 17.6 Å². The molecule has 7 heteroatoms. The third-order valence-electron chi connectivity index (χ3n) is 3.42. The molecular weight excluding hydrogens is 308 g/mol. The normalized spacial score (nSPS) is 17.0. The molecule has 1 aliphatic heterocycles. The van der Waals surface area contributed by atoms with Crippen molar-refractivity contribution in [2.24, 2.45) is 5.16 Å². The minimum Gasteiger partial charge on any atom is -0.411 e. The minimum atomic E-state index is -3.57. The summed E-state index contributed by atoms with van der Waals surface area (Å²) in [7, 11) is -3.57. The Morgan fingerprint density at radius 2 is 2.00 bits per heavy atom. The first-order valence-corrected chi connectivity index (χ1v) is 8.69. The Morgan fingerprint density at radius 3 is 2.67 bits per heavy atom. The van der Waals surface area contributed by atoms with E-state index >= 15 is 0 Å². The smallest absolute Gasteiger partial charge is 0.273 e. The number of rotatable bonds is 2. The fourth-order valence-corrected chi connectivity index (χ4v) is 5.29. The maximum absolute atomic E-state index is 12.8. The Hall–Kier alpha value is -1.86. The van der Waals surface area contributed by atoms with Crippen molar-refractivity contribution in [3.05, 3.63) is 46.8 Å². The van der Waals surface area contributed by atoms with Gasteiger partial charge in [0.2, 0.25) is 0 Å². The van der Waals surface area contributed by atoms with E-state index in [1.54, 1.807) is 36.4 Å². The highest BCUT2D eigenvalue weighted by molar-refractivity contribution is 7.94. The molecule has 0 saturated carbocycles. The molecule has 1 aliphatic rings. The maximum atomic E-state index is 12.8. The zero-order valence-electron chi connectivity index (χ0n) is 11.4. The summed E-state index contributed by atoms with van der Waals surface area (Å²) >= 11 is 1.26. The summed E-state index contributed by atoms with van der Waals surface area (Å²) in [6.07, 6.45) is 0.386. The molecule has 0 aliphatic carbocycles. The van der Waals surface area contributed by atoms with E-state index in [2.05, 4.69) is 5.16 Å². The number of benzene rings is 1. The summed E-state index contributed by atoms with van der Waals surface area (Å²) in [6, 6.07) is 10.5. The van der Waals surface area contributed by atoms with Crippen LogP contribution in [0.3, 0.4) is 0 Å². The molecule has 1 N–H and O–H groups in total. The molecule has 1 aromatic heterocycles. The molecule has 0 amide bonds. The molecule has 110 valence electrons. The third kappa shape index (κ3) is 2.32. The molecule has 0 radical (unpaired) electrons. The van der Waals surface area contributed by atoms with Crippen molar-refractivity contribution in [1.82, 2.24) is 0 Å². The largest absolute Gasteiger partial charge is 0.411 e. The lowest BCUT2D eigenvalue weighted by molar-refractivity contribution is 0.318. The van der Waals surface area contributed by atoms with Crippen molar-refractivity contribution in [2.75, 3.05) is 10.8 Å². The summed E-state index contributed by atoms with van der Waals surface area (Å²) in [4.78, 5) is 0.955. The van der Waals surface area contributed by atoms with E-state index in [9.17, 15) is 8.42 Å². The lowest BCUT2D eigenvalue weighted by Gasteiger charge is -2.30. The van der Waals surface area contributed by atoms with Crippen molar-refractivity contribution in [3.63, 3.8) is 0 Å². The van der Waals surface area contributed by atoms with Crippen LogP contribution >= 0.6 is 11.3 Å². The van der Waals surface area contributed by atoms with Gasteiger partial charge in [0.15, 0.2) is 0 Å². The van der Waals surface area contributed by atoms with E-state index in [1.807, 2.05) is 6.92 Å². The van der Waals surface area contributed by atoms with Crippen molar-refractivity contribution >= 4 is 32.8 Å². The topological polar surface area (TPSA) is 70.0 Å². The highest BCUT2D eigenvalue weighted by Crippen LogP contribution is 2.34. The molecule has 0 fully saturated rings. The number of fused-ring (bicyclic) bond motifs is 1. The molecule has 2 heterocycles. The van der Waals surface area contributed by atoms with Crippen molar-refractivity contribution < 1.29 is 13.6 Å². The van der Waals surface area contributed by atoms with Gasteiger partial charge in [-0.25, -0.2) is 8.42 Å². The lowest BCUT2D eigenvalue weighted by atomic mass is 10.0. The van der Waals surface area contributed by atoms with Gasteiger partial charge in [0.25, 0.3) is 10.0 Å². The zero-order chi connectivity index (χ0) is 15.0. The Balaban J connectivity index is 2.12. The van der Waals surface area contributed by atoms with Crippen LogP contribution in [0, 0.1) is 6.92 Å². The van der Waals surface area contributed by atoms with Gasteiger partial charge in [-0.1, -0.05) is 23.4 Å². The van der Waals surface area contributed by atoms with Gasteiger partial charge < -0.3 is 5.21 Å². The maximum Gasteiger partial charge on any atom is 0.273 e. The van der Waals surface area contributed by atoms with E-state index in [0.717, 1.165) is 4.88 Å². The Bertz CT molecular complexity index is 809. The van der Waals surface area contributed by atoms with Crippen LogP contribution in [0.5, 0.6) is 0 Å². The Morgan fingerprint density at radius 1 is 1.24 bits per heavy atom. The predicted molar refractivity (Wildman–Crippen MR) is 83.0 cm³/mol. The standard InChI is InChI=1S/C14H14N2O3S2/c1-10-6-7-14(20-10)21(18,19)16-9-8-12(15-17)11-4-2-3-5-13(11)16/h2-7,17H,8-9H2,1H3.